The molecule has 0 spiro atoms. The van der Waals surface area contributed by atoms with Gasteiger partial charge in [0.15, 0.2) is 5.69 Å². The normalized spacial score (nSPS) is 17.0. The highest BCUT2D eigenvalue weighted by Crippen LogP contribution is 2.25. The third-order valence-corrected chi connectivity index (χ3v) is 5.27. The summed E-state index contributed by atoms with van der Waals surface area (Å²) in [6, 6.07) is 8.33. The van der Waals surface area contributed by atoms with Gasteiger partial charge < -0.3 is 20.9 Å². The fourth-order valence-electron chi connectivity index (χ4n) is 3.69. The number of hydrogen-bond acceptors (Lipinski definition) is 5. The molecular formula is C19H28Cl2N6O. The van der Waals surface area contributed by atoms with Crippen molar-refractivity contribution in [1.82, 2.24) is 20.4 Å². The average Bonchev–Trinajstić information content (AvgIpc) is 3.09. The van der Waals surface area contributed by atoms with Crippen LogP contribution in [-0.2, 0) is 13.0 Å². The summed E-state index contributed by atoms with van der Waals surface area (Å²) in [5, 5.41) is 17.2. The molecule has 3 heterocycles. The van der Waals surface area contributed by atoms with E-state index in [4.69, 9.17) is 0 Å². The van der Waals surface area contributed by atoms with Crippen LogP contribution in [0.1, 0.15) is 34.6 Å². The number of carbonyl (C=O) groups is 1. The number of H-pyrrole nitrogens is 1. The number of nitrogens with one attached hydrogen (secondary N) is 4. The lowest BCUT2D eigenvalue weighted by molar-refractivity contribution is 0.102. The second-order valence-electron chi connectivity index (χ2n) is 7.18. The molecule has 1 aromatic heterocycles. The van der Waals surface area contributed by atoms with Gasteiger partial charge in [0.25, 0.3) is 5.91 Å². The standard InChI is InChI=1S/C19H26N6O.2ClH/c1-25-10-7-13(8-11-25)21-16-4-2-3-5-17(16)22-19(26)18-14-12-20-9-6-15(14)23-24-18;;/h2-5,13,20-21H,6-12H2,1H3,(H,22,26)(H,23,24);2*1H. The van der Waals surface area contributed by atoms with Crippen LogP contribution in [0.15, 0.2) is 24.3 Å². The Morgan fingerprint density at radius 3 is 2.64 bits per heavy atom. The molecule has 2 aromatic rings. The van der Waals surface area contributed by atoms with E-state index in [0.29, 0.717) is 18.3 Å². The highest BCUT2D eigenvalue weighted by molar-refractivity contribution is 6.05. The van der Waals surface area contributed by atoms with Crippen molar-refractivity contribution in [2.45, 2.75) is 31.8 Å². The van der Waals surface area contributed by atoms with E-state index in [1.54, 1.807) is 0 Å². The first kappa shape index (κ1) is 22.5. The lowest BCUT2D eigenvalue weighted by Gasteiger charge is -2.30. The molecule has 154 valence electrons. The van der Waals surface area contributed by atoms with E-state index in [1.807, 2.05) is 24.3 Å². The molecule has 1 aromatic carbocycles. The van der Waals surface area contributed by atoms with Crippen molar-refractivity contribution in [2.24, 2.45) is 0 Å². The summed E-state index contributed by atoms with van der Waals surface area (Å²) in [5.74, 6) is -0.163. The third kappa shape index (κ3) is 4.97. The van der Waals surface area contributed by atoms with Crippen LogP contribution in [0.3, 0.4) is 0 Å². The van der Waals surface area contributed by atoms with Gasteiger partial charge in [-0.1, -0.05) is 12.1 Å². The molecule has 0 aliphatic carbocycles. The topological polar surface area (TPSA) is 85.1 Å². The molecule has 2 aliphatic heterocycles. The van der Waals surface area contributed by atoms with E-state index in [-0.39, 0.29) is 30.7 Å². The van der Waals surface area contributed by atoms with Crippen LogP contribution in [-0.4, -0.2) is 53.7 Å². The number of piperidine rings is 1. The van der Waals surface area contributed by atoms with Gasteiger partial charge in [-0.15, -0.1) is 24.8 Å². The largest absolute Gasteiger partial charge is 0.381 e. The van der Waals surface area contributed by atoms with Crippen LogP contribution in [0.4, 0.5) is 11.4 Å². The van der Waals surface area contributed by atoms with E-state index >= 15 is 0 Å². The van der Waals surface area contributed by atoms with E-state index in [9.17, 15) is 4.79 Å². The molecule has 7 nitrogen and oxygen atoms in total. The van der Waals surface area contributed by atoms with Crippen molar-refractivity contribution in [3.05, 3.63) is 41.2 Å². The Morgan fingerprint density at radius 2 is 1.89 bits per heavy atom. The van der Waals surface area contributed by atoms with Gasteiger partial charge in [-0.05, 0) is 45.1 Å². The van der Waals surface area contributed by atoms with Crippen molar-refractivity contribution in [3.63, 3.8) is 0 Å². The zero-order chi connectivity index (χ0) is 17.9. The van der Waals surface area contributed by atoms with Gasteiger partial charge in [0.1, 0.15) is 0 Å². The number of aromatic nitrogens is 2. The Balaban J connectivity index is 0.00000140. The summed E-state index contributed by atoms with van der Waals surface area (Å²) in [6.07, 6.45) is 3.10. The summed E-state index contributed by atoms with van der Waals surface area (Å²) >= 11 is 0. The number of likely N-dealkylation sites (tertiary alicyclic amines) is 1. The predicted molar refractivity (Wildman–Crippen MR) is 117 cm³/mol. The Labute approximate surface area is 177 Å². The summed E-state index contributed by atoms with van der Waals surface area (Å²) in [4.78, 5) is 15.1. The van der Waals surface area contributed by atoms with Gasteiger partial charge in [-0.25, -0.2) is 0 Å². The van der Waals surface area contributed by atoms with Crippen LogP contribution in [0.5, 0.6) is 0 Å². The third-order valence-electron chi connectivity index (χ3n) is 5.27. The number of benzene rings is 1. The SMILES string of the molecule is CN1CCC(Nc2ccccc2NC(=O)c2n[nH]c3c2CNCC3)CC1.Cl.Cl. The summed E-state index contributed by atoms with van der Waals surface area (Å²) < 4.78 is 0. The van der Waals surface area contributed by atoms with E-state index in [1.165, 1.54) is 0 Å². The maximum Gasteiger partial charge on any atom is 0.276 e. The monoisotopic (exact) mass is 426 g/mol. The first-order valence-electron chi connectivity index (χ1n) is 9.33. The van der Waals surface area contributed by atoms with Crippen molar-refractivity contribution >= 4 is 42.1 Å². The van der Waals surface area contributed by atoms with Crippen LogP contribution in [0.25, 0.3) is 0 Å². The Morgan fingerprint density at radius 1 is 1.18 bits per heavy atom. The van der Waals surface area contributed by atoms with Crippen molar-refractivity contribution in [3.8, 4) is 0 Å². The molecule has 0 atom stereocenters. The minimum atomic E-state index is -0.163. The first-order valence-corrected chi connectivity index (χ1v) is 9.33. The number of anilines is 2. The molecule has 1 fully saturated rings. The molecule has 0 bridgehead atoms. The number of hydrogen-bond donors (Lipinski definition) is 4. The maximum absolute atomic E-state index is 12.8. The Hall–Kier alpha value is -1.80. The van der Waals surface area contributed by atoms with Crippen LogP contribution >= 0.6 is 24.8 Å². The smallest absolute Gasteiger partial charge is 0.276 e. The first-order chi connectivity index (χ1) is 12.7. The molecule has 28 heavy (non-hydrogen) atoms. The second-order valence-corrected chi connectivity index (χ2v) is 7.18. The van der Waals surface area contributed by atoms with Crippen molar-refractivity contribution in [1.29, 1.82) is 0 Å². The highest BCUT2D eigenvalue weighted by Gasteiger charge is 2.23. The lowest BCUT2D eigenvalue weighted by atomic mass is 10.0. The molecule has 9 heteroatoms. The van der Waals surface area contributed by atoms with Crippen LogP contribution in [0.2, 0.25) is 0 Å². The molecule has 4 N–H and O–H groups in total. The van der Waals surface area contributed by atoms with Gasteiger partial charge >= 0.3 is 0 Å². The molecule has 0 saturated carbocycles. The number of fused-ring (bicyclic) bond motifs is 1. The quantitative estimate of drug-likeness (QED) is 0.603. The molecule has 0 unspecified atom stereocenters. The van der Waals surface area contributed by atoms with E-state index in [0.717, 1.165) is 61.5 Å². The minimum absolute atomic E-state index is 0. The average molecular weight is 427 g/mol. The molecule has 4 rings (SSSR count). The molecule has 1 saturated heterocycles. The van der Waals surface area contributed by atoms with Crippen LogP contribution in [0, 0.1) is 0 Å². The van der Waals surface area contributed by atoms with Gasteiger partial charge in [0, 0.05) is 36.8 Å². The highest BCUT2D eigenvalue weighted by atomic mass is 35.5. The van der Waals surface area contributed by atoms with Crippen LogP contribution < -0.4 is 16.0 Å². The van der Waals surface area contributed by atoms with Crippen molar-refractivity contribution in [2.75, 3.05) is 37.3 Å². The Bertz CT molecular complexity index is 788. The number of aromatic amines is 1. The predicted octanol–water partition coefficient (Wildman–Crippen LogP) is 2.66. The number of nitrogens with zero attached hydrogens (tertiary/aromatic N) is 2. The molecule has 1 amide bonds. The van der Waals surface area contributed by atoms with Gasteiger partial charge in [0.05, 0.1) is 11.4 Å². The summed E-state index contributed by atoms with van der Waals surface area (Å²) in [6.45, 7) is 3.79. The minimum Gasteiger partial charge on any atom is -0.381 e. The number of amides is 1. The zero-order valence-electron chi connectivity index (χ0n) is 16.0. The zero-order valence-corrected chi connectivity index (χ0v) is 17.6. The van der Waals surface area contributed by atoms with Gasteiger partial charge in [0.2, 0.25) is 0 Å². The van der Waals surface area contributed by atoms with E-state index < -0.39 is 0 Å². The Kier molecular flexibility index (Phi) is 8.12. The summed E-state index contributed by atoms with van der Waals surface area (Å²) in [5.41, 5.74) is 4.30. The summed E-state index contributed by atoms with van der Waals surface area (Å²) in [7, 11) is 2.16. The number of rotatable bonds is 4. The molecule has 2 aliphatic rings. The fraction of sp³-hybridized carbons (Fsp3) is 0.474. The van der Waals surface area contributed by atoms with Gasteiger partial charge in [-0.3, -0.25) is 9.89 Å². The van der Waals surface area contributed by atoms with Gasteiger partial charge in [-0.2, -0.15) is 5.10 Å². The second kappa shape index (κ2) is 10.1. The number of carbonyl (C=O) groups excluding carboxylic acids is 1. The van der Waals surface area contributed by atoms with E-state index in [2.05, 4.69) is 38.1 Å². The number of para-hydroxylation sites is 2. The molecule has 0 radical (unpaired) electrons. The number of halogens is 2. The lowest BCUT2D eigenvalue weighted by Crippen LogP contribution is -2.36. The fourth-order valence-corrected chi connectivity index (χ4v) is 3.69. The van der Waals surface area contributed by atoms with Crippen molar-refractivity contribution < 1.29 is 4.79 Å². The maximum atomic E-state index is 12.8. The molecular weight excluding hydrogens is 399 g/mol.